The van der Waals surface area contributed by atoms with Gasteiger partial charge in [-0.2, -0.15) is 0 Å². The Morgan fingerprint density at radius 2 is 1.89 bits per heavy atom. The Kier molecular flexibility index (Phi) is 4.89. The Labute approximate surface area is 161 Å². The van der Waals surface area contributed by atoms with Gasteiger partial charge in [-0.05, 0) is 12.1 Å². The zero-order chi connectivity index (χ0) is 19.5. The molecule has 2 N–H and O–H groups in total. The van der Waals surface area contributed by atoms with E-state index in [4.69, 9.17) is 14.2 Å². The van der Waals surface area contributed by atoms with Crippen LogP contribution in [-0.2, 0) is 11.3 Å². The zero-order valence-corrected chi connectivity index (χ0v) is 15.4. The fourth-order valence-corrected chi connectivity index (χ4v) is 3.20. The first-order valence-corrected chi connectivity index (χ1v) is 9.02. The van der Waals surface area contributed by atoms with Crippen molar-refractivity contribution >= 4 is 22.6 Å². The highest BCUT2D eigenvalue weighted by molar-refractivity contribution is 6.44. The first-order valence-electron chi connectivity index (χ1n) is 9.02. The third-order valence-electron chi connectivity index (χ3n) is 4.63. The van der Waals surface area contributed by atoms with Crippen molar-refractivity contribution in [2.75, 3.05) is 20.3 Å². The van der Waals surface area contributed by atoms with Crippen LogP contribution in [0.25, 0.3) is 10.9 Å². The van der Waals surface area contributed by atoms with Crippen molar-refractivity contribution in [3.8, 4) is 17.2 Å². The average Bonchev–Trinajstić information content (AvgIpc) is 3.02. The number of aromatic nitrogens is 1. The van der Waals surface area contributed by atoms with E-state index in [2.05, 4.69) is 10.3 Å². The monoisotopic (exact) mass is 380 g/mol. The molecule has 0 saturated heterocycles. The van der Waals surface area contributed by atoms with Crippen LogP contribution < -0.4 is 19.5 Å². The molecule has 0 spiro atoms. The molecule has 2 heterocycles. The number of carbonyl (C=O) groups excluding carboxylic acids is 2. The fourth-order valence-electron chi connectivity index (χ4n) is 3.20. The Hall–Kier alpha value is -3.48. The number of amides is 1. The first kappa shape index (κ1) is 17.9. The van der Waals surface area contributed by atoms with Gasteiger partial charge in [0.15, 0.2) is 11.5 Å². The van der Waals surface area contributed by atoms with Crippen LogP contribution >= 0.6 is 0 Å². The van der Waals surface area contributed by atoms with Crippen molar-refractivity contribution in [3.63, 3.8) is 0 Å². The van der Waals surface area contributed by atoms with Crippen molar-refractivity contribution in [1.29, 1.82) is 0 Å². The highest BCUT2D eigenvalue weighted by atomic mass is 16.5. The lowest BCUT2D eigenvalue weighted by Crippen LogP contribution is -2.30. The quantitative estimate of drug-likeness (QED) is 0.525. The van der Waals surface area contributed by atoms with Gasteiger partial charge in [-0.3, -0.25) is 9.59 Å². The summed E-state index contributed by atoms with van der Waals surface area (Å²) in [5.74, 6) is 0.499. The Morgan fingerprint density at radius 1 is 1.14 bits per heavy atom. The Bertz CT molecular complexity index is 1040. The molecule has 144 valence electrons. The van der Waals surface area contributed by atoms with Crippen molar-refractivity contribution in [3.05, 3.63) is 53.7 Å². The number of ether oxygens (including phenoxy) is 3. The fraction of sp³-hybridized carbons (Fsp3) is 0.238. The van der Waals surface area contributed by atoms with Gasteiger partial charge in [0.2, 0.25) is 0 Å². The van der Waals surface area contributed by atoms with E-state index in [-0.39, 0.29) is 6.54 Å². The van der Waals surface area contributed by atoms with E-state index in [9.17, 15) is 9.59 Å². The summed E-state index contributed by atoms with van der Waals surface area (Å²) in [4.78, 5) is 28.0. The lowest BCUT2D eigenvalue weighted by molar-refractivity contribution is -0.117. The number of nitrogens with one attached hydrogen (secondary N) is 2. The van der Waals surface area contributed by atoms with Gasteiger partial charge < -0.3 is 24.5 Å². The van der Waals surface area contributed by atoms with Crippen molar-refractivity contribution in [2.24, 2.45) is 0 Å². The predicted molar refractivity (Wildman–Crippen MR) is 103 cm³/mol. The van der Waals surface area contributed by atoms with Gasteiger partial charge in [0.05, 0.1) is 25.9 Å². The van der Waals surface area contributed by atoms with Crippen LogP contribution in [0, 0.1) is 0 Å². The van der Waals surface area contributed by atoms with Gasteiger partial charge in [-0.25, -0.2) is 0 Å². The summed E-state index contributed by atoms with van der Waals surface area (Å²) < 4.78 is 16.7. The third kappa shape index (κ3) is 3.38. The predicted octanol–water partition coefficient (Wildman–Crippen LogP) is 2.84. The van der Waals surface area contributed by atoms with Crippen LogP contribution in [0.15, 0.2) is 42.6 Å². The number of carbonyl (C=O) groups is 2. The molecular weight excluding hydrogens is 360 g/mol. The summed E-state index contributed by atoms with van der Waals surface area (Å²) in [7, 11) is 1.54. The SMILES string of the molecule is COc1cc2c(cc1CNC(=O)C(=O)c1c[nH]c3ccccc13)OCCCO2. The van der Waals surface area contributed by atoms with Crippen molar-refractivity contribution in [1.82, 2.24) is 10.3 Å². The van der Waals surface area contributed by atoms with Gasteiger partial charge in [0.1, 0.15) is 5.75 Å². The highest BCUT2D eigenvalue weighted by Gasteiger charge is 2.21. The lowest BCUT2D eigenvalue weighted by atomic mass is 10.1. The van der Waals surface area contributed by atoms with E-state index in [1.165, 1.54) is 0 Å². The average molecular weight is 380 g/mol. The van der Waals surface area contributed by atoms with Crippen LogP contribution in [0.3, 0.4) is 0 Å². The molecule has 7 nitrogen and oxygen atoms in total. The first-order chi connectivity index (χ1) is 13.7. The number of H-pyrrole nitrogens is 1. The van der Waals surface area contributed by atoms with E-state index in [1.54, 1.807) is 31.5 Å². The zero-order valence-electron chi connectivity index (χ0n) is 15.4. The third-order valence-corrected chi connectivity index (χ3v) is 4.63. The molecule has 0 aliphatic carbocycles. The number of methoxy groups -OCH3 is 1. The molecule has 7 heteroatoms. The number of hydrogen-bond acceptors (Lipinski definition) is 5. The Morgan fingerprint density at radius 3 is 2.68 bits per heavy atom. The van der Waals surface area contributed by atoms with Crippen LogP contribution in [0.2, 0.25) is 0 Å². The molecule has 4 rings (SSSR count). The minimum absolute atomic E-state index is 0.132. The highest BCUT2D eigenvalue weighted by Crippen LogP contribution is 2.36. The molecule has 0 fully saturated rings. The molecule has 0 saturated carbocycles. The van der Waals surface area contributed by atoms with E-state index in [1.807, 2.05) is 18.2 Å². The van der Waals surface area contributed by atoms with Crippen LogP contribution in [-0.4, -0.2) is 37.0 Å². The number of Topliss-reactive ketones (excluding diaryl/α,β-unsaturated/α-hetero) is 1. The summed E-state index contributed by atoms with van der Waals surface area (Å²) in [5, 5.41) is 3.39. The van der Waals surface area contributed by atoms with Gasteiger partial charge in [-0.15, -0.1) is 0 Å². The number of rotatable bonds is 5. The molecule has 3 aromatic rings. The smallest absolute Gasteiger partial charge is 0.292 e. The number of ketones is 1. The molecule has 1 amide bonds. The maximum atomic E-state index is 12.6. The van der Waals surface area contributed by atoms with Gasteiger partial charge in [-0.1, -0.05) is 18.2 Å². The molecule has 0 atom stereocenters. The standard InChI is InChI=1S/C21H20N2O5/c1-26-17-10-19-18(27-7-4-8-28-19)9-13(17)11-23-21(25)20(24)15-12-22-16-6-3-2-5-14(15)16/h2-3,5-6,9-10,12,22H,4,7-8,11H2,1H3,(H,23,25). The Balaban J connectivity index is 1.51. The molecule has 28 heavy (non-hydrogen) atoms. The van der Waals surface area contributed by atoms with E-state index in [0.717, 1.165) is 17.3 Å². The van der Waals surface area contributed by atoms with Gasteiger partial charge in [0, 0.05) is 41.7 Å². The van der Waals surface area contributed by atoms with E-state index < -0.39 is 11.7 Å². The summed E-state index contributed by atoms with van der Waals surface area (Å²) in [5.41, 5.74) is 1.86. The molecule has 1 aromatic heterocycles. The second-order valence-electron chi connectivity index (χ2n) is 6.42. The molecule has 2 aromatic carbocycles. The van der Waals surface area contributed by atoms with Crippen LogP contribution in [0.5, 0.6) is 17.2 Å². The largest absolute Gasteiger partial charge is 0.496 e. The lowest BCUT2D eigenvalue weighted by Gasteiger charge is -2.14. The number of para-hydroxylation sites is 1. The molecule has 1 aliphatic heterocycles. The van der Waals surface area contributed by atoms with E-state index >= 15 is 0 Å². The van der Waals surface area contributed by atoms with Crippen molar-refractivity contribution < 1.29 is 23.8 Å². The number of aromatic amines is 1. The number of fused-ring (bicyclic) bond motifs is 2. The van der Waals surface area contributed by atoms with Gasteiger partial charge >= 0.3 is 0 Å². The normalized spacial score (nSPS) is 13.0. The van der Waals surface area contributed by atoms with Crippen LogP contribution in [0.1, 0.15) is 22.3 Å². The second-order valence-corrected chi connectivity index (χ2v) is 6.42. The maximum Gasteiger partial charge on any atom is 0.292 e. The second kappa shape index (κ2) is 7.64. The van der Waals surface area contributed by atoms with Gasteiger partial charge in [0.25, 0.3) is 11.7 Å². The summed E-state index contributed by atoms with van der Waals surface area (Å²) in [6.45, 7) is 1.27. The molecule has 1 aliphatic rings. The molecule has 0 radical (unpaired) electrons. The topological polar surface area (TPSA) is 89.7 Å². The van der Waals surface area contributed by atoms with E-state index in [0.29, 0.717) is 41.6 Å². The number of benzene rings is 2. The maximum absolute atomic E-state index is 12.6. The number of hydrogen-bond donors (Lipinski definition) is 2. The molecule has 0 unspecified atom stereocenters. The minimum Gasteiger partial charge on any atom is -0.496 e. The minimum atomic E-state index is -0.682. The summed E-state index contributed by atoms with van der Waals surface area (Å²) >= 11 is 0. The summed E-state index contributed by atoms with van der Waals surface area (Å²) in [6.07, 6.45) is 2.35. The molecular formula is C21H20N2O5. The van der Waals surface area contributed by atoms with Crippen molar-refractivity contribution in [2.45, 2.75) is 13.0 Å². The summed E-state index contributed by atoms with van der Waals surface area (Å²) in [6, 6.07) is 10.9. The van der Waals surface area contributed by atoms with Crippen LogP contribution in [0.4, 0.5) is 0 Å². The molecule has 0 bridgehead atoms.